The molecule has 0 aromatic carbocycles. The van der Waals surface area contributed by atoms with Crippen LogP contribution in [0, 0.1) is 0 Å². The van der Waals surface area contributed by atoms with Crippen molar-refractivity contribution in [2.75, 3.05) is 13.2 Å². The molecule has 0 saturated heterocycles. The van der Waals surface area contributed by atoms with Crippen molar-refractivity contribution in [3.63, 3.8) is 0 Å². The molecule has 1 atom stereocenters. The first kappa shape index (κ1) is 15.4. The van der Waals surface area contributed by atoms with Crippen LogP contribution in [0.4, 0.5) is 0 Å². The fourth-order valence-electron chi connectivity index (χ4n) is 0.932. The molecule has 0 amide bonds. The van der Waals surface area contributed by atoms with Crippen LogP contribution in [0.25, 0.3) is 0 Å². The zero-order valence-corrected chi connectivity index (χ0v) is 10.1. The molecule has 1 unspecified atom stereocenters. The van der Waals surface area contributed by atoms with Gasteiger partial charge in [-0.1, -0.05) is 12.7 Å². The van der Waals surface area contributed by atoms with Gasteiger partial charge in [-0.2, -0.15) is 0 Å². The van der Waals surface area contributed by atoms with Gasteiger partial charge in [0.2, 0.25) is 0 Å². The third-order valence-electron chi connectivity index (χ3n) is 1.84. The van der Waals surface area contributed by atoms with Gasteiger partial charge in [-0.3, -0.25) is 0 Å². The second-order valence-electron chi connectivity index (χ2n) is 3.45. The molecule has 0 bridgehead atoms. The molecule has 0 radical (unpaired) electrons. The average Bonchev–Trinajstić information content (AvgIpc) is 2.32. The summed E-state index contributed by atoms with van der Waals surface area (Å²) in [6.45, 7) is 6.44. The Bertz CT molecular complexity index is 306. The van der Waals surface area contributed by atoms with Gasteiger partial charge in [-0.25, -0.2) is 9.59 Å². The van der Waals surface area contributed by atoms with E-state index in [4.69, 9.17) is 14.6 Å². The summed E-state index contributed by atoms with van der Waals surface area (Å²) in [6, 6.07) is 0. The Morgan fingerprint density at radius 1 is 1.47 bits per heavy atom. The smallest absolute Gasteiger partial charge is 0.333 e. The van der Waals surface area contributed by atoms with Crippen molar-refractivity contribution >= 4 is 11.9 Å². The van der Waals surface area contributed by atoms with E-state index in [0.717, 1.165) is 6.08 Å². The number of carbonyl (C=O) groups excluding carboxylic acids is 2. The Kier molecular flexibility index (Phi) is 7.71. The monoisotopic (exact) mass is 242 g/mol. The van der Waals surface area contributed by atoms with Gasteiger partial charge in [-0.05, 0) is 20.3 Å². The average molecular weight is 242 g/mol. The quantitative estimate of drug-likeness (QED) is 0.532. The predicted molar refractivity (Wildman–Crippen MR) is 62.2 cm³/mol. The minimum atomic E-state index is -0.555. The fraction of sp³-hybridized carbons (Fsp3) is 0.500. The van der Waals surface area contributed by atoms with Gasteiger partial charge < -0.3 is 14.6 Å². The molecular weight excluding hydrogens is 224 g/mol. The van der Waals surface area contributed by atoms with Gasteiger partial charge in [-0.15, -0.1) is 0 Å². The number of hydrogen-bond donors (Lipinski definition) is 1. The largest absolute Gasteiger partial charge is 0.459 e. The maximum absolute atomic E-state index is 11.4. The van der Waals surface area contributed by atoms with Crippen LogP contribution in [-0.4, -0.2) is 36.4 Å². The van der Waals surface area contributed by atoms with E-state index in [-0.39, 0.29) is 13.2 Å². The van der Waals surface area contributed by atoms with Gasteiger partial charge in [0.05, 0.1) is 0 Å². The maximum atomic E-state index is 11.4. The number of aliphatic hydroxyl groups is 1. The summed E-state index contributed by atoms with van der Waals surface area (Å²) in [5.74, 6) is -1.04. The SMILES string of the molecule is C=CC(=O)OCC(C)OC(=O)C(C)=CCCO. The molecule has 0 saturated carbocycles. The van der Waals surface area contributed by atoms with Crippen LogP contribution in [0.2, 0.25) is 0 Å². The van der Waals surface area contributed by atoms with Crippen LogP contribution in [0.15, 0.2) is 24.3 Å². The minimum absolute atomic E-state index is 0.0100. The normalized spacial score (nSPS) is 12.8. The number of hydrogen-bond acceptors (Lipinski definition) is 5. The van der Waals surface area contributed by atoms with Crippen LogP contribution >= 0.6 is 0 Å². The van der Waals surface area contributed by atoms with Crippen LogP contribution in [0.1, 0.15) is 20.3 Å². The molecular formula is C12H18O5. The molecule has 1 N–H and O–H groups in total. The van der Waals surface area contributed by atoms with Crippen molar-refractivity contribution in [1.82, 2.24) is 0 Å². The van der Waals surface area contributed by atoms with E-state index in [9.17, 15) is 9.59 Å². The molecule has 17 heavy (non-hydrogen) atoms. The third-order valence-corrected chi connectivity index (χ3v) is 1.84. The zero-order valence-electron chi connectivity index (χ0n) is 10.1. The molecule has 5 nitrogen and oxygen atoms in total. The fourth-order valence-corrected chi connectivity index (χ4v) is 0.932. The van der Waals surface area contributed by atoms with E-state index in [1.807, 2.05) is 0 Å². The van der Waals surface area contributed by atoms with Gasteiger partial charge in [0, 0.05) is 18.3 Å². The molecule has 0 aromatic heterocycles. The molecule has 0 aliphatic rings. The Morgan fingerprint density at radius 3 is 2.65 bits per heavy atom. The Labute approximate surface area is 101 Å². The van der Waals surface area contributed by atoms with Crippen LogP contribution < -0.4 is 0 Å². The Morgan fingerprint density at radius 2 is 2.12 bits per heavy atom. The molecule has 0 rings (SSSR count). The summed E-state index contributed by atoms with van der Waals surface area (Å²) >= 11 is 0. The van der Waals surface area contributed by atoms with Gasteiger partial charge in [0.1, 0.15) is 12.7 Å². The van der Waals surface area contributed by atoms with Crippen molar-refractivity contribution in [2.24, 2.45) is 0 Å². The van der Waals surface area contributed by atoms with Crippen molar-refractivity contribution in [3.8, 4) is 0 Å². The highest BCUT2D eigenvalue weighted by molar-refractivity contribution is 5.87. The lowest BCUT2D eigenvalue weighted by Gasteiger charge is -2.13. The molecule has 0 aliphatic carbocycles. The van der Waals surface area contributed by atoms with Crippen molar-refractivity contribution in [3.05, 3.63) is 24.3 Å². The summed E-state index contributed by atoms with van der Waals surface area (Å²) in [5.41, 5.74) is 0.418. The second kappa shape index (κ2) is 8.52. The van der Waals surface area contributed by atoms with Crippen LogP contribution in [-0.2, 0) is 19.1 Å². The first-order chi connectivity index (χ1) is 8.01. The van der Waals surface area contributed by atoms with Crippen LogP contribution in [0.3, 0.4) is 0 Å². The van der Waals surface area contributed by atoms with E-state index in [0.29, 0.717) is 12.0 Å². The number of ether oxygens (including phenoxy) is 2. The predicted octanol–water partition coefficient (Wildman–Crippen LogP) is 0.976. The van der Waals surface area contributed by atoms with E-state index in [2.05, 4.69) is 6.58 Å². The molecule has 0 aliphatic heterocycles. The van der Waals surface area contributed by atoms with Crippen molar-refractivity contribution < 1.29 is 24.2 Å². The number of esters is 2. The first-order valence-corrected chi connectivity index (χ1v) is 5.29. The summed E-state index contributed by atoms with van der Waals surface area (Å²) < 4.78 is 9.72. The number of carbonyl (C=O) groups is 2. The highest BCUT2D eigenvalue weighted by Crippen LogP contribution is 2.02. The minimum Gasteiger partial charge on any atom is -0.459 e. The number of rotatable bonds is 7. The topological polar surface area (TPSA) is 72.8 Å². The molecule has 5 heteroatoms. The summed E-state index contributed by atoms with van der Waals surface area (Å²) in [5, 5.41) is 8.59. The molecule has 0 aromatic rings. The standard InChI is InChI=1S/C12H18O5/c1-4-11(14)16-8-10(3)17-12(15)9(2)6-5-7-13/h4,6,10,13H,1,5,7-8H2,2-3H3. The summed E-state index contributed by atoms with van der Waals surface area (Å²) in [6.07, 6.45) is 2.51. The number of aliphatic hydroxyl groups excluding tert-OH is 1. The Balaban J connectivity index is 4.02. The lowest BCUT2D eigenvalue weighted by molar-refractivity contribution is -0.152. The van der Waals surface area contributed by atoms with Gasteiger partial charge in [0.25, 0.3) is 0 Å². The molecule has 0 spiro atoms. The van der Waals surface area contributed by atoms with E-state index in [1.54, 1.807) is 19.9 Å². The highest BCUT2D eigenvalue weighted by atomic mass is 16.6. The summed E-state index contributed by atoms with van der Waals surface area (Å²) in [4.78, 5) is 22.2. The van der Waals surface area contributed by atoms with Crippen molar-refractivity contribution in [2.45, 2.75) is 26.4 Å². The molecule has 96 valence electrons. The molecule has 0 heterocycles. The third kappa shape index (κ3) is 7.30. The van der Waals surface area contributed by atoms with Crippen LogP contribution in [0.5, 0.6) is 0 Å². The van der Waals surface area contributed by atoms with E-state index >= 15 is 0 Å². The van der Waals surface area contributed by atoms with E-state index < -0.39 is 18.0 Å². The zero-order chi connectivity index (χ0) is 13.3. The van der Waals surface area contributed by atoms with Gasteiger partial charge in [0.15, 0.2) is 0 Å². The van der Waals surface area contributed by atoms with Gasteiger partial charge >= 0.3 is 11.9 Å². The van der Waals surface area contributed by atoms with Crippen molar-refractivity contribution in [1.29, 1.82) is 0 Å². The van der Waals surface area contributed by atoms with E-state index in [1.165, 1.54) is 0 Å². The lowest BCUT2D eigenvalue weighted by Crippen LogP contribution is -2.22. The maximum Gasteiger partial charge on any atom is 0.333 e. The second-order valence-corrected chi connectivity index (χ2v) is 3.45. The highest BCUT2D eigenvalue weighted by Gasteiger charge is 2.12. The lowest BCUT2D eigenvalue weighted by atomic mass is 10.2. The first-order valence-electron chi connectivity index (χ1n) is 5.29. The Hall–Kier alpha value is -1.62. The summed E-state index contributed by atoms with van der Waals surface area (Å²) in [7, 11) is 0. The molecule has 0 fully saturated rings.